The van der Waals surface area contributed by atoms with Crippen molar-refractivity contribution in [3.05, 3.63) is 48.5 Å². The lowest BCUT2D eigenvalue weighted by atomic mass is 10.1. The molecule has 0 radical (unpaired) electrons. The van der Waals surface area contributed by atoms with E-state index < -0.39 is 9.84 Å². The lowest BCUT2D eigenvalue weighted by molar-refractivity contribution is 0.585. The van der Waals surface area contributed by atoms with Gasteiger partial charge >= 0.3 is 0 Å². The SMILES string of the molecule is CCCCCCCCCC.CCCCCCCCCC.O=S1(=O)c2ccccc2Nc2ccccc21. The molecule has 1 N–H and O–H groups in total. The van der Waals surface area contributed by atoms with Gasteiger partial charge in [0.05, 0.1) is 21.2 Å². The molecular weight excluding hydrogens is 462 g/mol. The van der Waals surface area contributed by atoms with E-state index in [1.54, 1.807) is 36.4 Å². The molecule has 2 aromatic rings. The van der Waals surface area contributed by atoms with Crippen LogP contribution in [0.1, 0.15) is 130 Å². The van der Waals surface area contributed by atoms with E-state index in [-0.39, 0.29) is 0 Å². The number of sulfone groups is 1. The summed E-state index contributed by atoms with van der Waals surface area (Å²) in [6.07, 6.45) is 22.9. The molecule has 0 aliphatic carbocycles. The molecule has 204 valence electrons. The summed E-state index contributed by atoms with van der Waals surface area (Å²) in [5, 5.41) is 3.12. The minimum Gasteiger partial charge on any atom is -0.353 e. The Kier molecular flexibility index (Phi) is 18.1. The van der Waals surface area contributed by atoms with E-state index >= 15 is 0 Å². The first-order valence-electron chi connectivity index (χ1n) is 14.7. The summed E-state index contributed by atoms with van der Waals surface area (Å²) < 4.78 is 24.5. The Morgan fingerprint density at radius 2 is 0.750 bits per heavy atom. The van der Waals surface area contributed by atoms with E-state index in [4.69, 9.17) is 0 Å². The van der Waals surface area contributed by atoms with Crippen LogP contribution in [0.3, 0.4) is 0 Å². The first kappa shape index (κ1) is 32.2. The number of benzene rings is 2. The number of fused-ring (bicyclic) bond motifs is 2. The van der Waals surface area contributed by atoms with Gasteiger partial charge in [0.1, 0.15) is 0 Å². The first-order valence-corrected chi connectivity index (χ1v) is 16.2. The monoisotopic (exact) mass is 515 g/mol. The van der Waals surface area contributed by atoms with E-state index in [0.717, 1.165) is 0 Å². The predicted molar refractivity (Wildman–Crippen MR) is 158 cm³/mol. The van der Waals surface area contributed by atoms with Crippen LogP contribution in [0.15, 0.2) is 58.3 Å². The van der Waals surface area contributed by atoms with Crippen LogP contribution in [-0.2, 0) is 9.84 Å². The van der Waals surface area contributed by atoms with Gasteiger partial charge in [0.2, 0.25) is 9.84 Å². The summed E-state index contributed by atoms with van der Waals surface area (Å²) in [6.45, 7) is 9.08. The fourth-order valence-corrected chi connectivity index (χ4v) is 5.86. The number of rotatable bonds is 14. The van der Waals surface area contributed by atoms with Crippen LogP contribution >= 0.6 is 0 Å². The Labute approximate surface area is 223 Å². The number of hydrogen-bond acceptors (Lipinski definition) is 3. The molecule has 1 aliphatic rings. The van der Waals surface area contributed by atoms with Crippen molar-refractivity contribution in [2.45, 2.75) is 140 Å². The molecule has 0 amide bonds. The van der Waals surface area contributed by atoms with Crippen molar-refractivity contribution >= 4 is 21.2 Å². The normalized spacial score (nSPS) is 12.7. The fourth-order valence-electron chi connectivity index (χ4n) is 4.29. The quantitative estimate of drug-likeness (QED) is 0.217. The van der Waals surface area contributed by atoms with Crippen molar-refractivity contribution in [2.75, 3.05) is 5.32 Å². The standard InChI is InChI=1S/C12H9NO2S.2C10H22/c14-16(15)11-7-3-1-5-9(11)13-10-6-2-4-8-12(10)16;2*1-3-5-7-9-10-8-6-4-2/h1-8,13H;2*3-10H2,1-2H3. The van der Waals surface area contributed by atoms with Gasteiger partial charge in [-0.15, -0.1) is 0 Å². The largest absolute Gasteiger partial charge is 0.353 e. The highest BCUT2D eigenvalue weighted by Crippen LogP contribution is 2.38. The zero-order valence-corrected chi connectivity index (χ0v) is 24.5. The van der Waals surface area contributed by atoms with Gasteiger partial charge in [-0.2, -0.15) is 0 Å². The molecule has 0 aromatic heterocycles. The summed E-state index contributed by atoms with van der Waals surface area (Å²) >= 11 is 0. The highest BCUT2D eigenvalue weighted by Gasteiger charge is 2.28. The number of para-hydroxylation sites is 2. The molecule has 0 saturated carbocycles. The number of anilines is 2. The van der Waals surface area contributed by atoms with Gasteiger partial charge in [-0.25, -0.2) is 8.42 Å². The molecule has 0 fully saturated rings. The van der Waals surface area contributed by atoms with Crippen molar-refractivity contribution in [1.82, 2.24) is 0 Å². The van der Waals surface area contributed by atoms with Crippen LogP contribution < -0.4 is 5.32 Å². The van der Waals surface area contributed by atoms with Crippen molar-refractivity contribution in [1.29, 1.82) is 0 Å². The maximum atomic E-state index is 12.3. The van der Waals surface area contributed by atoms with Gasteiger partial charge in [0.15, 0.2) is 0 Å². The van der Waals surface area contributed by atoms with Gasteiger partial charge < -0.3 is 5.32 Å². The molecule has 1 aliphatic heterocycles. The first-order chi connectivity index (χ1) is 17.5. The molecule has 0 atom stereocenters. The van der Waals surface area contributed by atoms with Gasteiger partial charge in [0.25, 0.3) is 0 Å². The van der Waals surface area contributed by atoms with Gasteiger partial charge in [-0.05, 0) is 24.3 Å². The van der Waals surface area contributed by atoms with Crippen molar-refractivity contribution in [3.63, 3.8) is 0 Å². The average molecular weight is 516 g/mol. The minimum absolute atomic E-state index is 0.341. The van der Waals surface area contributed by atoms with E-state index in [2.05, 4.69) is 33.0 Å². The van der Waals surface area contributed by atoms with E-state index in [9.17, 15) is 8.42 Å². The second-order valence-electron chi connectivity index (χ2n) is 9.86. The van der Waals surface area contributed by atoms with Crippen LogP contribution in [0.25, 0.3) is 0 Å². The molecular formula is C32H53NO2S. The highest BCUT2D eigenvalue weighted by molar-refractivity contribution is 7.92. The van der Waals surface area contributed by atoms with Crippen LogP contribution in [0.4, 0.5) is 11.4 Å². The lowest BCUT2D eigenvalue weighted by Gasteiger charge is -2.20. The average Bonchev–Trinajstić information content (AvgIpc) is 2.89. The lowest BCUT2D eigenvalue weighted by Crippen LogP contribution is -2.13. The summed E-state index contributed by atoms with van der Waals surface area (Å²) in [5.41, 5.74) is 1.28. The third kappa shape index (κ3) is 12.4. The molecule has 1 heterocycles. The fraction of sp³-hybridized carbons (Fsp3) is 0.625. The number of nitrogens with one attached hydrogen (secondary N) is 1. The smallest absolute Gasteiger partial charge is 0.210 e. The van der Waals surface area contributed by atoms with Crippen LogP contribution in [-0.4, -0.2) is 8.42 Å². The topological polar surface area (TPSA) is 46.2 Å². The Bertz CT molecular complexity index is 824. The molecule has 3 rings (SSSR count). The summed E-state index contributed by atoms with van der Waals surface area (Å²) in [4.78, 5) is 0.683. The van der Waals surface area contributed by atoms with Crippen molar-refractivity contribution in [2.24, 2.45) is 0 Å². The second kappa shape index (κ2) is 20.3. The zero-order valence-electron chi connectivity index (χ0n) is 23.7. The van der Waals surface area contributed by atoms with Gasteiger partial charge in [-0.3, -0.25) is 0 Å². The number of unbranched alkanes of at least 4 members (excludes halogenated alkanes) is 14. The van der Waals surface area contributed by atoms with Crippen molar-refractivity contribution in [3.8, 4) is 0 Å². The molecule has 0 bridgehead atoms. The van der Waals surface area contributed by atoms with E-state index in [1.165, 1.54) is 103 Å². The van der Waals surface area contributed by atoms with E-state index in [1.807, 2.05) is 12.1 Å². The second-order valence-corrected chi connectivity index (χ2v) is 11.7. The Hall–Kier alpha value is -1.81. The van der Waals surface area contributed by atoms with Crippen LogP contribution in [0, 0.1) is 0 Å². The molecule has 0 spiro atoms. The number of hydrogen-bond donors (Lipinski definition) is 1. The maximum absolute atomic E-state index is 12.3. The van der Waals surface area contributed by atoms with E-state index in [0.29, 0.717) is 21.2 Å². The summed E-state index contributed by atoms with van der Waals surface area (Å²) in [5.74, 6) is 0. The maximum Gasteiger partial charge on any atom is 0.210 e. The van der Waals surface area contributed by atoms with Gasteiger partial charge in [0, 0.05) is 0 Å². The molecule has 4 heteroatoms. The molecule has 0 unspecified atom stereocenters. The predicted octanol–water partition coefficient (Wildman–Crippen LogP) is 10.9. The summed E-state index contributed by atoms with van der Waals surface area (Å²) in [7, 11) is -3.36. The molecule has 0 saturated heterocycles. The summed E-state index contributed by atoms with van der Waals surface area (Å²) in [6, 6.07) is 13.9. The third-order valence-electron chi connectivity index (χ3n) is 6.54. The molecule has 36 heavy (non-hydrogen) atoms. The van der Waals surface area contributed by atoms with Gasteiger partial charge in [-0.1, -0.05) is 155 Å². The van der Waals surface area contributed by atoms with Crippen LogP contribution in [0.5, 0.6) is 0 Å². The Balaban J connectivity index is 0.000000287. The van der Waals surface area contributed by atoms with Crippen LogP contribution in [0.2, 0.25) is 0 Å². The Morgan fingerprint density at radius 3 is 1.06 bits per heavy atom. The minimum atomic E-state index is -3.36. The molecule has 2 aromatic carbocycles. The van der Waals surface area contributed by atoms with Crippen molar-refractivity contribution < 1.29 is 8.42 Å². The third-order valence-corrected chi connectivity index (χ3v) is 8.41. The highest BCUT2D eigenvalue weighted by atomic mass is 32.2. The Morgan fingerprint density at radius 1 is 0.472 bits per heavy atom. The zero-order chi connectivity index (χ0) is 26.5. The molecule has 3 nitrogen and oxygen atoms in total.